The summed E-state index contributed by atoms with van der Waals surface area (Å²) in [5, 5.41) is 6.94. The number of nitrogens with zero attached hydrogens (tertiary/aromatic N) is 2. The monoisotopic (exact) mass is 282 g/mol. The summed E-state index contributed by atoms with van der Waals surface area (Å²) >= 11 is 0. The summed E-state index contributed by atoms with van der Waals surface area (Å²) in [5.74, 6) is 1.73. The molecule has 0 radical (unpaired) electrons. The predicted octanol–water partition coefficient (Wildman–Crippen LogP) is 2.32. The van der Waals surface area contributed by atoms with Gasteiger partial charge < -0.3 is 15.5 Å². The van der Waals surface area contributed by atoms with E-state index in [4.69, 9.17) is 0 Å². The largest absolute Gasteiger partial charge is 0.356 e. The molecule has 1 aliphatic carbocycles. The van der Waals surface area contributed by atoms with E-state index in [0.29, 0.717) is 5.41 Å². The number of rotatable bonds is 8. The maximum atomic E-state index is 4.33. The van der Waals surface area contributed by atoms with E-state index in [1.807, 2.05) is 7.05 Å². The summed E-state index contributed by atoms with van der Waals surface area (Å²) < 4.78 is 0. The molecule has 2 N–H and O–H groups in total. The number of nitrogens with one attached hydrogen (secondary N) is 2. The first-order chi connectivity index (χ1) is 9.51. The zero-order valence-electron chi connectivity index (χ0n) is 14.1. The third-order valence-electron chi connectivity index (χ3n) is 4.44. The van der Waals surface area contributed by atoms with E-state index in [2.05, 4.69) is 48.3 Å². The van der Waals surface area contributed by atoms with Crippen molar-refractivity contribution in [2.75, 3.05) is 40.3 Å². The van der Waals surface area contributed by atoms with Gasteiger partial charge in [0.15, 0.2) is 5.96 Å². The fourth-order valence-corrected chi connectivity index (χ4v) is 3.01. The van der Waals surface area contributed by atoms with Crippen LogP contribution in [-0.4, -0.2) is 51.1 Å². The van der Waals surface area contributed by atoms with Crippen LogP contribution in [0.4, 0.5) is 0 Å². The smallest absolute Gasteiger partial charge is 0.191 e. The van der Waals surface area contributed by atoms with Crippen molar-refractivity contribution in [2.24, 2.45) is 16.3 Å². The van der Waals surface area contributed by atoms with Crippen LogP contribution >= 0.6 is 0 Å². The second-order valence-electron chi connectivity index (χ2n) is 6.70. The third kappa shape index (κ3) is 5.70. The molecule has 0 aliphatic heterocycles. The Balaban J connectivity index is 2.30. The molecule has 0 amide bonds. The normalized spacial score (nSPS) is 18.2. The van der Waals surface area contributed by atoms with Crippen molar-refractivity contribution in [1.82, 2.24) is 15.5 Å². The molecular formula is C16H34N4. The number of guanidine groups is 1. The van der Waals surface area contributed by atoms with Gasteiger partial charge in [-0.05, 0) is 44.2 Å². The van der Waals surface area contributed by atoms with Crippen LogP contribution in [-0.2, 0) is 0 Å². The van der Waals surface area contributed by atoms with E-state index in [9.17, 15) is 0 Å². The van der Waals surface area contributed by atoms with Gasteiger partial charge in [-0.25, -0.2) is 0 Å². The van der Waals surface area contributed by atoms with E-state index in [-0.39, 0.29) is 0 Å². The summed E-state index contributed by atoms with van der Waals surface area (Å²) in [4.78, 5) is 6.63. The fourth-order valence-electron chi connectivity index (χ4n) is 3.01. The molecule has 0 heterocycles. The van der Waals surface area contributed by atoms with Gasteiger partial charge in [-0.1, -0.05) is 27.2 Å². The van der Waals surface area contributed by atoms with Crippen LogP contribution in [0, 0.1) is 11.3 Å². The molecule has 118 valence electrons. The van der Waals surface area contributed by atoms with Gasteiger partial charge in [-0.2, -0.15) is 0 Å². The topological polar surface area (TPSA) is 39.7 Å². The second kappa shape index (κ2) is 8.50. The molecule has 0 aromatic heterocycles. The lowest BCUT2D eigenvalue weighted by Gasteiger charge is -2.43. The number of hydrogen-bond acceptors (Lipinski definition) is 2. The quantitative estimate of drug-likeness (QED) is 0.530. The van der Waals surface area contributed by atoms with Gasteiger partial charge >= 0.3 is 0 Å². The minimum absolute atomic E-state index is 0.520. The van der Waals surface area contributed by atoms with Gasteiger partial charge in [-0.15, -0.1) is 0 Å². The molecule has 0 aromatic carbocycles. The van der Waals surface area contributed by atoms with E-state index in [0.717, 1.165) is 38.1 Å². The maximum absolute atomic E-state index is 4.33. The molecule has 20 heavy (non-hydrogen) atoms. The van der Waals surface area contributed by atoms with E-state index >= 15 is 0 Å². The summed E-state index contributed by atoms with van der Waals surface area (Å²) in [6.45, 7) is 11.0. The molecule has 0 bridgehead atoms. The first-order valence-electron chi connectivity index (χ1n) is 8.14. The number of hydrogen-bond donors (Lipinski definition) is 2. The van der Waals surface area contributed by atoms with Gasteiger partial charge in [0.05, 0.1) is 0 Å². The van der Waals surface area contributed by atoms with Crippen LogP contribution in [0.2, 0.25) is 0 Å². The Bertz CT molecular complexity index is 295. The summed E-state index contributed by atoms with van der Waals surface area (Å²) in [6, 6.07) is 0. The van der Waals surface area contributed by atoms with Gasteiger partial charge in [-0.3, -0.25) is 4.99 Å². The minimum atomic E-state index is 0.520. The lowest BCUT2D eigenvalue weighted by Crippen LogP contribution is -2.48. The SMILES string of the molecule is CCN(C)CCNC(=NC)NCC1(CC(C)C)CCC1. The maximum Gasteiger partial charge on any atom is 0.191 e. The van der Waals surface area contributed by atoms with Gasteiger partial charge in [0.25, 0.3) is 0 Å². The molecule has 1 rings (SSSR count). The van der Waals surface area contributed by atoms with Crippen molar-refractivity contribution in [3.05, 3.63) is 0 Å². The highest BCUT2D eigenvalue weighted by Crippen LogP contribution is 2.45. The second-order valence-corrected chi connectivity index (χ2v) is 6.70. The van der Waals surface area contributed by atoms with E-state index in [1.165, 1.54) is 25.7 Å². The molecule has 1 saturated carbocycles. The highest BCUT2D eigenvalue weighted by Gasteiger charge is 2.37. The lowest BCUT2D eigenvalue weighted by molar-refractivity contribution is 0.104. The zero-order valence-corrected chi connectivity index (χ0v) is 14.1. The highest BCUT2D eigenvalue weighted by molar-refractivity contribution is 5.79. The molecule has 4 nitrogen and oxygen atoms in total. The average Bonchev–Trinajstić information content (AvgIpc) is 2.38. The highest BCUT2D eigenvalue weighted by atomic mass is 15.2. The average molecular weight is 282 g/mol. The predicted molar refractivity (Wildman–Crippen MR) is 88.3 cm³/mol. The molecule has 0 saturated heterocycles. The fraction of sp³-hybridized carbons (Fsp3) is 0.938. The lowest BCUT2D eigenvalue weighted by atomic mass is 9.64. The molecular weight excluding hydrogens is 248 g/mol. The Kier molecular flexibility index (Phi) is 7.35. The van der Waals surface area contributed by atoms with Gasteiger partial charge in [0.2, 0.25) is 0 Å². The van der Waals surface area contributed by atoms with Crippen molar-refractivity contribution in [1.29, 1.82) is 0 Å². The molecule has 0 spiro atoms. The molecule has 0 aromatic rings. The van der Waals surface area contributed by atoms with Crippen LogP contribution in [0.15, 0.2) is 4.99 Å². The van der Waals surface area contributed by atoms with E-state index in [1.54, 1.807) is 0 Å². The first kappa shape index (κ1) is 17.3. The van der Waals surface area contributed by atoms with Crippen LogP contribution < -0.4 is 10.6 Å². The third-order valence-corrected chi connectivity index (χ3v) is 4.44. The molecule has 1 aliphatic rings. The summed E-state index contributed by atoms with van der Waals surface area (Å²) in [6.07, 6.45) is 5.46. The van der Waals surface area contributed by atoms with Crippen molar-refractivity contribution in [3.8, 4) is 0 Å². The Morgan fingerprint density at radius 3 is 2.45 bits per heavy atom. The molecule has 0 unspecified atom stereocenters. The number of aliphatic imine (C=N–C) groups is 1. The van der Waals surface area contributed by atoms with Crippen molar-refractivity contribution >= 4 is 5.96 Å². The first-order valence-corrected chi connectivity index (χ1v) is 8.14. The van der Waals surface area contributed by atoms with E-state index < -0.39 is 0 Å². The molecule has 4 heteroatoms. The summed E-state index contributed by atoms with van der Waals surface area (Å²) in [5.41, 5.74) is 0.520. The molecule has 1 fully saturated rings. The molecule has 0 atom stereocenters. The summed E-state index contributed by atoms with van der Waals surface area (Å²) in [7, 11) is 4.00. The van der Waals surface area contributed by atoms with Crippen molar-refractivity contribution in [2.45, 2.75) is 46.5 Å². The number of likely N-dealkylation sites (N-methyl/N-ethyl adjacent to an activating group) is 1. The van der Waals surface area contributed by atoms with Crippen LogP contribution in [0.5, 0.6) is 0 Å². The Morgan fingerprint density at radius 2 is 2.00 bits per heavy atom. The van der Waals surface area contributed by atoms with Gasteiger partial charge in [0.1, 0.15) is 0 Å². The Hall–Kier alpha value is -0.770. The standard InChI is InChI=1S/C16H34N4/c1-6-20(5)11-10-18-15(17-4)19-13-16(8-7-9-16)12-14(2)3/h14H,6-13H2,1-5H3,(H2,17,18,19). The Labute approximate surface area is 125 Å². The van der Waals surface area contributed by atoms with Crippen LogP contribution in [0.1, 0.15) is 46.5 Å². The minimum Gasteiger partial charge on any atom is -0.356 e. The van der Waals surface area contributed by atoms with Crippen LogP contribution in [0.3, 0.4) is 0 Å². The Morgan fingerprint density at radius 1 is 1.30 bits per heavy atom. The van der Waals surface area contributed by atoms with Gasteiger partial charge in [0, 0.05) is 26.7 Å². The van der Waals surface area contributed by atoms with Crippen LogP contribution in [0.25, 0.3) is 0 Å². The zero-order chi connectivity index (χ0) is 15.0. The van der Waals surface area contributed by atoms with Crippen molar-refractivity contribution < 1.29 is 0 Å². The van der Waals surface area contributed by atoms with Crippen molar-refractivity contribution in [3.63, 3.8) is 0 Å².